The van der Waals surface area contributed by atoms with Crippen LogP contribution in [0.4, 0.5) is 0 Å². The van der Waals surface area contributed by atoms with Crippen LogP contribution >= 0.6 is 0 Å². The van der Waals surface area contributed by atoms with Crippen molar-refractivity contribution in [3.8, 4) is 22.6 Å². The van der Waals surface area contributed by atoms with Gasteiger partial charge in [-0.2, -0.15) is 0 Å². The highest BCUT2D eigenvalue weighted by Gasteiger charge is 2.12. The van der Waals surface area contributed by atoms with E-state index < -0.39 is 0 Å². The molecule has 0 aliphatic rings. The van der Waals surface area contributed by atoms with Gasteiger partial charge in [0.05, 0.1) is 19.4 Å². The lowest BCUT2D eigenvalue weighted by atomic mass is 10.0. The molecular weight excluding hydrogens is 370 g/mol. The van der Waals surface area contributed by atoms with Gasteiger partial charge in [-0.1, -0.05) is 96.8 Å². The number of hydrogen-bond acceptors (Lipinski definition) is 3. The molecule has 0 fully saturated rings. The SMILES string of the molecule is CCCCCCCCCCCOc1ccccc1-c1ccncc1OCC(C)CC. The van der Waals surface area contributed by atoms with Crippen molar-refractivity contribution in [2.75, 3.05) is 13.2 Å². The molecule has 2 aromatic rings. The van der Waals surface area contributed by atoms with Crippen LogP contribution in [0.1, 0.15) is 85.0 Å². The molecule has 0 N–H and O–H groups in total. The summed E-state index contributed by atoms with van der Waals surface area (Å²) in [5.74, 6) is 2.28. The Morgan fingerprint density at radius 3 is 2.17 bits per heavy atom. The Balaban J connectivity index is 1.84. The van der Waals surface area contributed by atoms with Crippen molar-refractivity contribution in [2.45, 2.75) is 85.0 Å². The minimum atomic E-state index is 0.524. The minimum absolute atomic E-state index is 0.524. The predicted octanol–water partition coefficient (Wildman–Crippen LogP) is 8.08. The van der Waals surface area contributed by atoms with Crippen LogP contribution < -0.4 is 9.47 Å². The lowest BCUT2D eigenvalue weighted by Gasteiger charge is -2.16. The van der Waals surface area contributed by atoms with Crippen molar-refractivity contribution in [3.63, 3.8) is 0 Å². The first kappa shape index (κ1) is 24.2. The topological polar surface area (TPSA) is 31.4 Å². The molecule has 30 heavy (non-hydrogen) atoms. The number of benzene rings is 1. The van der Waals surface area contributed by atoms with Crippen LogP contribution in [0.25, 0.3) is 11.1 Å². The summed E-state index contributed by atoms with van der Waals surface area (Å²) in [6.45, 7) is 8.14. The van der Waals surface area contributed by atoms with Crippen molar-refractivity contribution in [3.05, 3.63) is 42.7 Å². The Morgan fingerprint density at radius 2 is 1.43 bits per heavy atom. The maximum Gasteiger partial charge on any atom is 0.145 e. The van der Waals surface area contributed by atoms with E-state index in [0.717, 1.165) is 42.1 Å². The third kappa shape index (κ3) is 8.77. The molecule has 1 atom stereocenters. The number of para-hydroxylation sites is 1. The molecule has 0 saturated heterocycles. The molecule has 2 rings (SSSR count). The molecule has 3 heteroatoms. The fourth-order valence-corrected chi connectivity index (χ4v) is 3.48. The molecule has 0 bridgehead atoms. The van der Waals surface area contributed by atoms with Gasteiger partial charge in [-0.15, -0.1) is 0 Å². The van der Waals surface area contributed by atoms with Gasteiger partial charge in [0.25, 0.3) is 0 Å². The summed E-state index contributed by atoms with van der Waals surface area (Å²) in [6, 6.07) is 10.3. The first-order valence-electron chi connectivity index (χ1n) is 12.0. The monoisotopic (exact) mass is 411 g/mol. The summed E-state index contributed by atoms with van der Waals surface area (Å²) in [5.41, 5.74) is 2.13. The molecule has 1 aromatic heterocycles. The Hall–Kier alpha value is -2.03. The average molecular weight is 412 g/mol. The number of aromatic nitrogens is 1. The molecule has 3 nitrogen and oxygen atoms in total. The van der Waals surface area contributed by atoms with Crippen molar-refractivity contribution in [1.82, 2.24) is 4.98 Å². The zero-order chi connectivity index (χ0) is 21.4. The summed E-state index contributed by atoms with van der Waals surface area (Å²) in [6.07, 6.45) is 16.6. The smallest absolute Gasteiger partial charge is 0.145 e. The van der Waals surface area contributed by atoms with Crippen molar-refractivity contribution in [1.29, 1.82) is 0 Å². The number of unbranched alkanes of at least 4 members (excludes halogenated alkanes) is 8. The van der Waals surface area contributed by atoms with Gasteiger partial charge in [-0.05, 0) is 24.5 Å². The van der Waals surface area contributed by atoms with E-state index in [4.69, 9.17) is 9.47 Å². The number of rotatable bonds is 16. The van der Waals surface area contributed by atoms with Gasteiger partial charge in [0.1, 0.15) is 11.5 Å². The van der Waals surface area contributed by atoms with Crippen LogP contribution in [-0.2, 0) is 0 Å². The molecule has 1 unspecified atom stereocenters. The lowest BCUT2D eigenvalue weighted by Crippen LogP contribution is -2.08. The number of ether oxygens (including phenoxy) is 2. The third-order valence-corrected chi connectivity index (χ3v) is 5.69. The standard InChI is InChI=1S/C27H41NO2/c1-4-6-7-8-9-10-11-12-15-20-29-26-17-14-13-16-24(26)25-18-19-28-21-27(25)30-22-23(3)5-2/h13-14,16-19,21,23H,4-12,15,20,22H2,1-3H3. The molecule has 0 radical (unpaired) electrons. The quantitative estimate of drug-likeness (QED) is 0.262. The Kier molecular flexibility index (Phi) is 12.0. The average Bonchev–Trinajstić information content (AvgIpc) is 2.79. The van der Waals surface area contributed by atoms with E-state index in [-0.39, 0.29) is 0 Å². The van der Waals surface area contributed by atoms with Crippen LogP contribution in [-0.4, -0.2) is 18.2 Å². The molecule has 0 saturated carbocycles. The maximum absolute atomic E-state index is 6.18. The molecule has 0 amide bonds. The molecule has 0 aliphatic carbocycles. The summed E-state index contributed by atoms with van der Waals surface area (Å²) in [7, 11) is 0. The predicted molar refractivity (Wildman–Crippen MR) is 127 cm³/mol. The van der Waals surface area contributed by atoms with Crippen LogP contribution in [0.2, 0.25) is 0 Å². The molecule has 166 valence electrons. The fraction of sp³-hybridized carbons (Fsp3) is 0.593. The first-order valence-corrected chi connectivity index (χ1v) is 12.0. The van der Waals surface area contributed by atoms with E-state index in [9.17, 15) is 0 Å². The zero-order valence-corrected chi connectivity index (χ0v) is 19.4. The van der Waals surface area contributed by atoms with Gasteiger partial charge in [-0.3, -0.25) is 4.98 Å². The summed E-state index contributed by atoms with van der Waals surface area (Å²) >= 11 is 0. The minimum Gasteiger partial charge on any atom is -0.493 e. The van der Waals surface area contributed by atoms with Gasteiger partial charge >= 0.3 is 0 Å². The van der Waals surface area contributed by atoms with Gasteiger partial charge in [0, 0.05) is 17.3 Å². The zero-order valence-electron chi connectivity index (χ0n) is 19.4. The van der Waals surface area contributed by atoms with Gasteiger partial charge in [0.2, 0.25) is 0 Å². The van der Waals surface area contributed by atoms with E-state index in [1.807, 2.05) is 24.5 Å². The van der Waals surface area contributed by atoms with Crippen LogP contribution in [0.3, 0.4) is 0 Å². The largest absolute Gasteiger partial charge is 0.493 e. The summed E-state index contributed by atoms with van der Waals surface area (Å²) in [4.78, 5) is 4.27. The number of nitrogens with zero attached hydrogens (tertiary/aromatic N) is 1. The van der Waals surface area contributed by atoms with Gasteiger partial charge in [0.15, 0.2) is 0 Å². The second-order valence-electron chi connectivity index (χ2n) is 8.37. The Morgan fingerprint density at radius 1 is 0.767 bits per heavy atom. The molecule has 0 aliphatic heterocycles. The Labute approximate surface area is 184 Å². The third-order valence-electron chi connectivity index (χ3n) is 5.69. The lowest BCUT2D eigenvalue weighted by molar-refractivity contribution is 0.256. The molecule has 1 heterocycles. The van der Waals surface area contributed by atoms with Crippen LogP contribution in [0.5, 0.6) is 11.5 Å². The van der Waals surface area contributed by atoms with E-state index in [1.54, 1.807) is 0 Å². The number of hydrogen-bond donors (Lipinski definition) is 0. The molecule has 1 aromatic carbocycles. The van der Waals surface area contributed by atoms with Crippen LogP contribution in [0.15, 0.2) is 42.7 Å². The van der Waals surface area contributed by atoms with Crippen LogP contribution in [0, 0.1) is 5.92 Å². The second-order valence-corrected chi connectivity index (χ2v) is 8.37. The van der Waals surface area contributed by atoms with E-state index >= 15 is 0 Å². The van der Waals surface area contributed by atoms with Crippen molar-refractivity contribution < 1.29 is 9.47 Å². The first-order chi connectivity index (χ1) is 14.8. The second kappa shape index (κ2) is 14.9. The summed E-state index contributed by atoms with van der Waals surface area (Å²) < 4.78 is 12.3. The maximum atomic E-state index is 6.18. The molecular formula is C27H41NO2. The van der Waals surface area contributed by atoms with Crippen molar-refractivity contribution >= 4 is 0 Å². The molecule has 0 spiro atoms. The van der Waals surface area contributed by atoms with Gasteiger partial charge < -0.3 is 9.47 Å². The number of pyridine rings is 1. The van der Waals surface area contributed by atoms with Crippen molar-refractivity contribution in [2.24, 2.45) is 5.92 Å². The highest BCUT2D eigenvalue weighted by molar-refractivity contribution is 5.75. The Bertz CT molecular complexity index is 701. The summed E-state index contributed by atoms with van der Waals surface area (Å²) in [5, 5.41) is 0. The normalized spacial score (nSPS) is 12.0. The van der Waals surface area contributed by atoms with E-state index in [2.05, 4.69) is 44.0 Å². The highest BCUT2D eigenvalue weighted by Crippen LogP contribution is 2.36. The van der Waals surface area contributed by atoms with E-state index in [0.29, 0.717) is 12.5 Å². The van der Waals surface area contributed by atoms with E-state index in [1.165, 1.54) is 51.4 Å². The van der Waals surface area contributed by atoms with Gasteiger partial charge in [-0.25, -0.2) is 0 Å². The fourth-order valence-electron chi connectivity index (χ4n) is 3.48. The highest BCUT2D eigenvalue weighted by atomic mass is 16.5.